The molecule has 0 radical (unpaired) electrons. The fourth-order valence-electron chi connectivity index (χ4n) is 6.41. The van der Waals surface area contributed by atoms with E-state index in [1.165, 1.54) is 82.0 Å². The van der Waals surface area contributed by atoms with Gasteiger partial charge in [0.15, 0.2) is 11.5 Å². The molecule has 0 saturated carbocycles. The molecule has 1 N–H and O–H groups in total. The zero-order chi connectivity index (χ0) is 28.3. The highest BCUT2D eigenvalue weighted by molar-refractivity contribution is 5.98. The molecule has 3 rings (SSSR count). The Kier molecular flexibility index (Phi) is 12.5. The molecule has 220 valence electrons. The maximum Gasteiger partial charge on any atom is 0.277 e. The molecule has 0 bridgehead atoms. The zero-order valence-corrected chi connectivity index (χ0v) is 25.7. The molecule has 1 unspecified atom stereocenters. The first kappa shape index (κ1) is 31.3. The van der Waals surface area contributed by atoms with Gasteiger partial charge in [-0.05, 0) is 32.4 Å². The fourth-order valence-corrected chi connectivity index (χ4v) is 6.41. The standard InChI is InChI=1S/C33H55N2O4/c1-7-8-9-10-11-12-13-14-15-16-17-18-20-33(36)27(3)26(2)32-34(21-19-22-35(32)33)25-28-23-29(37-4)31(39-6)30(24-28)38-5/h23-24,36H,7-22,25H2,1-6H3/q+1. The number of methoxy groups -OCH3 is 3. The van der Waals surface area contributed by atoms with E-state index in [0.717, 1.165) is 50.0 Å². The highest BCUT2D eigenvalue weighted by Crippen LogP contribution is 2.41. The molecule has 0 amide bonds. The van der Waals surface area contributed by atoms with Crippen LogP contribution in [0.5, 0.6) is 17.2 Å². The van der Waals surface area contributed by atoms with Crippen LogP contribution in [0.15, 0.2) is 23.3 Å². The molecule has 6 nitrogen and oxygen atoms in total. The SMILES string of the molecule is CCCCCCCCCCCCCCC1(O)C(C)=C(C)C2=[N+](Cc3cc(OC)c(OC)c(OC)c3)CCCN21. The second-order valence-electron chi connectivity index (χ2n) is 11.5. The van der Waals surface area contributed by atoms with E-state index >= 15 is 0 Å². The maximum absolute atomic E-state index is 12.0. The van der Waals surface area contributed by atoms with Gasteiger partial charge in [-0.1, -0.05) is 77.6 Å². The van der Waals surface area contributed by atoms with Crippen molar-refractivity contribution < 1.29 is 23.9 Å². The van der Waals surface area contributed by atoms with Crippen LogP contribution >= 0.6 is 0 Å². The summed E-state index contributed by atoms with van der Waals surface area (Å²) in [5.41, 5.74) is 2.55. The van der Waals surface area contributed by atoms with Gasteiger partial charge >= 0.3 is 0 Å². The van der Waals surface area contributed by atoms with Crippen LogP contribution in [-0.4, -0.2) is 60.6 Å². The predicted octanol–water partition coefficient (Wildman–Crippen LogP) is 7.46. The lowest BCUT2D eigenvalue weighted by Crippen LogP contribution is -2.53. The number of benzene rings is 1. The summed E-state index contributed by atoms with van der Waals surface area (Å²) in [6, 6.07) is 4.06. The normalized spacial score (nSPS) is 19.1. The van der Waals surface area contributed by atoms with Crippen molar-refractivity contribution in [3.63, 3.8) is 0 Å². The Morgan fingerprint density at radius 1 is 0.821 bits per heavy atom. The van der Waals surface area contributed by atoms with Gasteiger partial charge < -0.3 is 19.3 Å². The minimum atomic E-state index is -0.869. The number of unbranched alkanes of at least 4 members (excludes halogenated alkanes) is 11. The number of aliphatic hydroxyl groups is 1. The van der Waals surface area contributed by atoms with Crippen LogP contribution in [0.4, 0.5) is 0 Å². The summed E-state index contributed by atoms with van der Waals surface area (Å²) in [6.07, 6.45) is 17.8. The fraction of sp³-hybridized carbons (Fsp3) is 0.727. The van der Waals surface area contributed by atoms with Gasteiger partial charge in [0, 0.05) is 29.6 Å². The van der Waals surface area contributed by atoms with E-state index in [0.29, 0.717) is 17.2 Å². The molecular formula is C33H55N2O4+. The second kappa shape index (κ2) is 15.5. The van der Waals surface area contributed by atoms with Crippen molar-refractivity contribution in [2.45, 2.75) is 123 Å². The van der Waals surface area contributed by atoms with Gasteiger partial charge in [0.05, 0.1) is 34.4 Å². The Morgan fingerprint density at radius 3 is 1.87 bits per heavy atom. The maximum atomic E-state index is 12.0. The van der Waals surface area contributed by atoms with E-state index in [9.17, 15) is 5.11 Å². The number of nitrogens with zero attached hydrogens (tertiary/aromatic N) is 2. The molecule has 1 aromatic carbocycles. The van der Waals surface area contributed by atoms with Crippen molar-refractivity contribution in [3.05, 3.63) is 28.8 Å². The van der Waals surface area contributed by atoms with Crippen LogP contribution in [0.25, 0.3) is 0 Å². The van der Waals surface area contributed by atoms with Crippen LogP contribution in [0.1, 0.15) is 116 Å². The van der Waals surface area contributed by atoms with Gasteiger partial charge in [-0.2, -0.15) is 0 Å². The summed E-state index contributed by atoms with van der Waals surface area (Å²) in [5, 5.41) is 12.0. The van der Waals surface area contributed by atoms with Crippen molar-refractivity contribution in [1.29, 1.82) is 0 Å². The number of hydrogen-bond donors (Lipinski definition) is 1. The summed E-state index contributed by atoms with van der Waals surface area (Å²) in [7, 11) is 4.94. The molecule has 2 heterocycles. The predicted molar refractivity (Wildman–Crippen MR) is 160 cm³/mol. The lowest BCUT2D eigenvalue weighted by atomic mass is 9.96. The average Bonchev–Trinajstić information content (AvgIpc) is 3.14. The average molecular weight is 544 g/mol. The first-order valence-electron chi connectivity index (χ1n) is 15.5. The molecular weight excluding hydrogens is 488 g/mol. The quantitative estimate of drug-likeness (QED) is 0.154. The second-order valence-corrected chi connectivity index (χ2v) is 11.5. The van der Waals surface area contributed by atoms with Gasteiger partial charge in [-0.25, -0.2) is 4.90 Å². The third-order valence-corrected chi connectivity index (χ3v) is 8.79. The van der Waals surface area contributed by atoms with E-state index in [1.807, 2.05) is 12.1 Å². The highest BCUT2D eigenvalue weighted by atomic mass is 16.5. The molecule has 2 aliphatic rings. The van der Waals surface area contributed by atoms with Crippen molar-refractivity contribution in [1.82, 2.24) is 4.90 Å². The Morgan fingerprint density at radius 2 is 1.36 bits per heavy atom. The first-order valence-corrected chi connectivity index (χ1v) is 15.5. The van der Waals surface area contributed by atoms with Crippen LogP contribution in [0.3, 0.4) is 0 Å². The third kappa shape index (κ3) is 7.71. The third-order valence-electron chi connectivity index (χ3n) is 8.79. The Bertz CT molecular complexity index is 961. The number of rotatable bonds is 18. The van der Waals surface area contributed by atoms with E-state index in [4.69, 9.17) is 14.2 Å². The van der Waals surface area contributed by atoms with E-state index in [1.54, 1.807) is 21.3 Å². The van der Waals surface area contributed by atoms with Gasteiger partial charge in [-0.3, -0.25) is 4.58 Å². The van der Waals surface area contributed by atoms with Crippen LogP contribution in [0, 0.1) is 0 Å². The van der Waals surface area contributed by atoms with E-state index in [-0.39, 0.29) is 0 Å². The van der Waals surface area contributed by atoms with Crippen molar-refractivity contribution in [2.75, 3.05) is 34.4 Å². The van der Waals surface area contributed by atoms with Gasteiger partial charge in [0.25, 0.3) is 5.84 Å². The molecule has 0 aliphatic carbocycles. The summed E-state index contributed by atoms with van der Waals surface area (Å²) < 4.78 is 19.1. The van der Waals surface area contributed by atoms with Crippen molar-refractivity contribution in [2.24, 2.45) is 0 Å². The minimum absolute atomic E-state index is 0.612. The summed E-state index contributed by atoms with van der Waals surface area (Å²) >= 11 is 0. The molecule has 1 atom stereocenters. The highest BCUT2D eigenvalue weighted by Gasteiger charge is 2.53. The smallest absolute Gasteiger partial charge is 0.277 e. The van der Waals surface area contributed by atoms with Gasteiger partial charge in [-0.15, -0.1) is 0 Å². The van der Waals surface area contributed by atoms with Crippen LogP contribution < -0.4 is 14.2 Å². The Hall–Kier alpha value is -2.21. The molecule has 2 aliphatic heterocycles. The molecule has 0 fully saturated rings. The minimum Gasteiger partial charge on any atom is -0.493 e. The van der Waals surface area contributed by atoms with Crippen LogP contribution in [0.2, 0.25) is 0 Å². The monoisotopic (exact) mass is 543 g/mol. The largest absolute Gasteiger partial charge is 0.493 e. The molecule has 39 heavy (non-hydrogen) atoms. The summed E-state index contributed by atoms with van der Waals surface area (Å²) in [4.78, 5) is 2.28. The number of amidine groups is 1. The van der Waals surface area contributed by atoms with Gasteiger partial charge in [0.1, 0.15) is 6.54 Å². The topological polar surface area (TPSA) is 54.2 Å². The molecule has 0 spiro atoms. The van der Waals surface area contributed by atoms with E-state index in [2.05, 4.69) is 30.2 Å². The molecule has 1 aromatic rings. The Labute approximate surface area is 238 Å². The van der Waals surface area contributed by atoms with E-state index < -0.39 is 5.72 Å². The molecule has 0 saturated heterocycles. The lowest BCUT2D eigenvalue weighted by Gasteiger charge is -2.34. The number of fused-ring (bicyclic) bond motifs is 1. The number of hydrogen-bond acceptors (Lipinski definition) is 5. The molecule has 0 aromatic heterocycles. The summed E-state index contributed by atoms with van der Waals surface area (Å²) in [6.45, 7) is 9.15. The van der Waals surface area contributed by atoms with Gasteiger partial charge in [0.2, 0.25) is 11.5 Å². The summed E-state index contributed by atoms with van der Waals surface area (Å²) in [5.74, 6) is 3.13. The molecule has 6 heteroatoms. The number of ether oxygens (including phenoxy) is 3. The Balaban J connectivity index is 1.57. The van der Waals surface area contributed by atoms with Crippen molar-refractivity contribution in [3.8, 4) is 17.2 Å². The lowest BCUT2D eigenvalue weighted by molar-refractivity contribution is -0.554. The zero-order valence-electron chi connectivity index (χ0n) is 25.7. The van der Waals surface area contributed by atoms with Crippen LogP contribution in [-0.2, 0) is 6.54 Å². The first-order chi connectivity index (χ1) is 18.9. The van der Waals surface area contributed by atoms with Crippen molar-refractivity contribution >= 4 is 5.84 Å².